The van der Waals surface area contributed by atoms with Crippen molar-refractivity contribution in [2.45, 2.75) is 32.4 Å². The third-order valence-electron chi connectivity index (χ3n) is 6.32. The Balaban J connectivity index is 1.35. The molecule has 0 saturated heterocycles. The summed E-state index contributed by atoms with van der Waals surface area (Å²) in [4.78, 5) is 16.7. The number of aliphatic hydroxyl groups excluding tert-OH is 1. The first-order valence-electron chi connectivity index (χ1n) is 12.9. The maximum Gasteiger partial charge on any atom is 0.255 e. The van der Waals surface area contributed by atoms with E-state index in [2.05, 4.69) is 32.3 Å². The smallest absolute Gasteiger partial charge is 0.255 e. The highest BCUT2D eigenvalue weighted by Gasteiger charge is 2.19. The molecule has 196 valence electrons. The highest BCUT2D eigenvalue weighted by atomic mass is 16.5. The second-order valence-electron chi connectivity index (χ2n) is 9.58. The number of para-hydroxylation sites is 1. The van der Waals surface area contributed by atoms with E-state index in [-0.39, 0.29) is 18.6 Å². The Morgan fingerprint density at radius 2 is 1.79 bits per heavy atom. The Labute approximate surface area is 227 Å². The first-order chi connectivity index (χ1) is 19.0. The van der Waals surface area contributed by atoms with Crippen LogP contribution in [0.15, 0.2) is 85.2 Å². The van der Waals surface area contributed by atoms with Crippen LogP contribution in [0, 0.1) is 11.8 Å². The number of nitrogens with one attached hydrogen (secondary N) is 3. The van der Waals surface area contributed by atoms with E-state index in [1.165, 1.54) is 0 Å². The number of nitrogens with zero attached hydrogens (tertiary/aromatic N) is 1. The fraction of sp³-hybridized carbons (Fsp3) is 0.188. The largest absolute Gasteiger partial charge is 0.490 e. The van der Waals surface area contributed by atoms with Crippen LogP contribution in [-0.2, 0) is 6.42 Å². The molecule has 1 atom stereocenters. The van der Waals surface area contributed by atoms with Gasteiger partial charge >= 0.3 is 0 Å². The quantitative estimate of drug-likeness (QED) is 0.215. The molecular weight excluding hydrogens is 488 g/mol. The molecule has 0 saturated carbocycles. The number of H-pyrrole nitrogens is 2. The second kappa shape index (κ2) is 11.7. The van der Waals surface area contributed by atoms with Gasteiger partial charge in [-0.2, -0.15) is 5.10 Å². The van der Waals surface area contributed by atoms with E-state index in [9.17, 15) is 9.90 Å². The van der Waals surface area contributed by atoms with Crippen LogP contribution in [0.1, 0.15) is 40.9 Å². The lowest BCUT2D eigenvalue weighted by atomic mass is 10.0. The zero-order valence-corrected chi connectivity index (χ0v) is 21.9. The summed E-state index contributed by atoms with van der Waals surface area (Å²) in [6.45, 7) is 3.63. The molecule has 7 nitrogen and oxygen atoms in total. The van der Waals surface area contributed by atoms with Crippen LogP contribution in [0.2, 0.25) is 0 Å². The Hall–Kier alpha value is -4.80. The SMILES string of the molecule is CC(C)Oc1ccc(C#Cc2ccc(-c3cc[nH]n3)cc2)cc1C(=O)N[C@@H](CO)Cc1c[nH]c2ccccc12. The second-order valence-corrected chi connectivity index (χ2v) is 9.58. The molecule has 0 spiro atoms. The summed E-state index contributed by atoms with van der Waals surface area (Å²) < 4.78 is 5.93. The van der Waals surface area contributed by atoms with Crippen molar-refractivity contribution in [3.8, 4) is 28.8 Å². The lowest BCUT2D eigenvalue weighted by molar-refractivity contribution is 0.0910. The Kier molecular flexibility index (Phi) is 7.76. The highest BCUT2D eigenvalue weighted by molar-refractivity contribution is 5.97. The molecule has 2 heterocycles. The average molecular weight is 519 g/mol. The van der Waals surface area contributed by atoms with E-state index in [1.54, 1.807) is 18.3 Å². The van der Waals surface area contributed by atoms with E-state index in [4.69, 9.17) is 4.74 Å². The minimum atomic E-state index is -0.466. The summed E-state index contributed by atoms with van der Waals surface area (Å²) in [5.74, 6) is 6.47. The van der Waals surface area contributed by atoms with Gasteiger partial charge in [0, 0.05) is 40.0 Å². The number of aliphatic hydroxyl groups is 1. The molecule has 0 aliphatic carbocycles. The van der Waals surface area contributed by atoms with Gasteiger partial charge in [0.2, 0.25) is 0 Å². The lowest BCUT2D eigenvalue weighted by Crippen LogP contribution is -2.39. The summed E-state index contributed by atoms with van der Waals surface area (Å²) in [5, 5.41) is 21.1. The minimum absolute atomic E-state index is 0.110. The van der Waals surface area contributed by atoms with Gasteiger partial charge in [0.05, 0.1) is 30.0 Å². The minimum Gasteiger partial charge on any atom is -0.490 e. The summed E-state index contributed by atoms with van der Waals surface area (Å²) in [7, 11) is 0. The van der Waals surface area contributed by atoms with E-state index in [0.29, 0.717) is 23.3 Å². The van der Waals surface area contributed by atoms with E-state index >= 15 is 0 Å². The van der Waals surface area contributed by atoms with Gasteiger partial charge in [-0.15, -0.1) is 0 Å². The molecule has 5 rings (SSSR count). The molecule has 4 N–H and O–H groups in total. The number of rotatable bonds is 8. The van der Waals surface area contributed by atoms with Crippen molar-refractivity contribution >= 4 is 16.8 Å². The van der Waals surface area contributed by atoms with Crippen molar-refractivity contribution in [2.75, 3.05) is 6.61 Å². The van der Waals surface area contributed by atoms with Gasteiger partial charge in [0.15, 0.2) is 0 Å². The normalized spacial score (nSPS) is 11.7. The predicted molar refractivity (Wildman–Crippen MR) is 153 cm³/mol. The topological polar surface area (TPSA) is 103 Å². The van der Waals surface area contributed by atoms with Crippen molar-refractivity contribution in [3.05, 3.63) is 107 Å². The standard InChI is InChI=1S/C32H30N4O3/c1-21(2)39-31-14-11-23(8-7-22-9-12-24(13-10-22)29-15-16-34-36-29)17-28(31)32(38)35-26(20-37)18-25-19-33-30-6-4-3-5-27(25)30/h3-6,9-17,19,21,26,33,37H,18,20H2,1-2H3,(H,34,36)(H,35,38)/t26-/m1/s1. The Bertz CT molecular complexity index is 1620. The van der Waals surface area contributed by atoms with Crippen LogP contribution in [-0.4, -0.2) is 44.9 Å². The van der Waals surface area contributed by atoms with Gasteiger partial charge in [-0.1, -0.05) is 42.2 Å². The summed E-state index contributed by atoms with van der Waals surface area (Å²) in [6.07, 6.45) is 4.08. The average Bonchev–Trinajstić information content (AvgIpc) is 3.63. The number of hydrogen-bond donors (Lipinski definition) is 4. The fourth-order valence-corrected chi connectivity index (χ4v) is 4.42. The van der Waals surface area contributed by atoms with Gasteiger partial charge in [0.1, 0.15) is 5.75 Å². The monoisotopic (exact) mass is 518 g/mol. The number of benzene rings is 3. The van der Waals surface area contributed by atoms with Gasteiger partial charge in [-0.3, -0.25) is 9.89 Å². The molecule has 0 radical (unpaired) electrons. The Morgan fingerprint density at radius 3 is 2.54 bits per heavy atom. The van der Waals surface area contributed by atoms with Crippen LogP contribution < -0.4 is 10.1 Å². The third-order valence-corrected chi connectivity index (χ3v) is 6.32. The first-order valence-corrected chi connectivity index (χ1v) is 12.9. The number of ether oxygens (including phenoxy) is 1. The maximum absolute atomic E-state index is 13.4. The van der Waals surface area contributed by atoms with Crippen molar-refractivity contribution in [1.82, 2.24) is 20.5 Å². The predicted octanol–water partition coefficient (Wildman–Crippen LogP) is 5.08. The zero-order valence-electron chi connectivity index (χ0n) is 21.9. The Morgan fingerprint density at radius 1 is 1.03 bits per heavy atom. The molecule has 7 heteroatoms. The molecule has 2 aromatic heterocycles. The zero-order chi connectivity index (χ0) is 27.2. The number of hydrogen-bond acceptors (Lipinski definition) is 4. The van der Waals surface area contributed by atoms with Crippen LogP contribution in [0.3, 0.4) is 0 Å². The molecule has 0 aliphatic heterocycles. The summed E-state index contributed by atoms with van der Waals surface area (Å²) in [5.41, 5.74) is 5.83. The number of amides is 1. The van der Waals surface area contributed by atoms with Crippen LogP contribution in [0.25, 0.3) is 22.2 Å². The van der Waals surface area contributed by atoms with E-state index < -0.39 is 6.04 Å². The van der Waals surface area contributed by atoms with Crippen molar-refractivity contribution < 1.29 is 14.6 Å². The summed E-state index contributed by atoms with van der Waals surface area (Å²) in [6, 6.07) is 22.6. The lowest BCUT2D eigenvalue weighted by Gasteiger charge is -2.19. The number of aromatic nitrogens is 3. The fourth-order valence-electron chi connectivity index (χ4n) is 4.42. The van der Waals surface area contributed by atoms with E-state index in [1.807, 2.05) is 80.7 Å². The number of carbonyl (C=O) groups is 1. The molecule has 39 heavy (non-hydrogen) atoms. The van der Waals surface area contributed by atoms with Gasteiger partial charge in [0.25, 0.3) is 5.91 Å². The van der Waals surface area contributed by atoms with Gasteiger partial charge in [-0.25, -0.2) is 0 Å². The first kappa shape index (κ1) is 25.8. The maximum atomic E-state index is 13.4. The number of aromatic amines is 2. The molecule has 1 amide bonds. The molecular formula is C32H30N4O3. The van der Waals surface area contributed by atoms with Crippen molar-refractivity contribution in [2.24, 2.45) is 0 Å². The van der Waals surface area contributed by atoms with Crippen LogP contribution >= 0.6 is 0 Å². The van der Waals surface area contributed by atoms with Crippen molar-refractivity contribution in [3.63, 3.8) is 0 Å². The molecule has 0 aliphatic rings. The van der Waals surface area contributed by atoms with Crippen molar-refractivity contribution in [1.29, 1.82) is 0 Å². The molecule has 5 aromatic rings. The highest BCUT2D eigenvalue weighted by Crippen LogP contribution is 2.23. The van der Waals surface area contributed by atoms with Crippen LogP contribution in [0.5, 0.6) is 5.75 Å². The van der Waals surface area contributed by atoms with Gasteiger partial charge < -0.3 is 20.1 Å². The summed E-state index contributed by atoms with van der Waals surface area (Å²) >= 11 is 0. The number of fused-ring (bicyclic) bond motifs is 1. The molecule has 0 bridgehead atoms. The van der Waals surface area contributed by atoms with E-state index in [0.717, 1.165) is 33.3 Å². The molecule has 0 fully saturated rings. The molecule has 0 unspecified atom stereocenters. The number of carbonyl (C=O) groups excluding carboxylic acids is 1. The van der Waals surface area contributed by atoms with Gasteiger partial charge in [-0.05, 0) is 68.3 Å². The third kappa shape index (κ3) is 6.20. The molecule has 3 aromatic carbocycles. The van der Waals surface area contributed by atoms with Crippen LogP contribution in [0.4, 0.5) is 0 Å².